The van der Waals surface area contributed by atoms with Gasteiger partial charge in [-0.3, -0.25) is 9.88 Å². The molecule has 4 aromatic rings. The number of carbonyl (C=O) groups is 1. The zero-order valence-corrected chi connectivity index (χ0v) is 21.3. The highest BCUT2D eigenvalue weighted by atomic mass is 16.5. The number of hydrogen-bond donors (Lipinski definition) is 3. The van der Waals surface area contributed by atoms with Gasteiger partial charge in [0.15, 0.2) is 0 Å². The van der Waals surface area contributed by atoms with E-state index in [1.54, 1.807) is 37.6 Å². The first-order valence-electron chi connectivity index (χ1n) is 12.8. The molecule has 3 saturated heterocycles. The summed E-state index contributed by atoms with van der Waals surface area (Å²) in [6.45, 7) is 6.07. The van der Waals surface area contributed by atoms with E-state index in [4.69, 9.17) is 9.84 Å². The van der Waals surface area contributed by atoms with Gasteiger partial charge in [0.1, 0.15) is 11.5 Å². The number of aromatic hydroxyl groups is 1. The predicted molar refractivity (Wildman–Crippen MR) is 148 cm³/mol. The van der Waals surface area contributed by atoms with Crippen LogP contribution in [0.1, 0.15) is 34.9 Å². The van der Waals surface area contributed by atoms with Gasteiger partial charge in [0.2, 0.25) is 0 Å². The third-order valence-electron chi connectivity index (χ3n) is 7.95. The van der Waals surface area contributed by atoms with Crippen LogP contribution < -0.4 is 4.74 Å². The number of aromatic carboxylic acids is 1. The van der Waals surface area contributed by atoms with Crippen LogP contribution in [0.25, 0.3) is 21.7 Å². The van der Waals surface area contributed by atoms with Gasteiger partial charge >= 0.3 is 5.97 Å². The van der Waals surface area contributed by atoms with Crippen molar-refractivity contribution in [3.63, 3.8) is 0 Å². The standard InChI is InChI=1S/C20H24N2O2.C11H8O3/c1-3-13-12-22-9-7-14(13)10-19(22)20(23)16-6-8-21-18-5-4-15(24-2)11-17(16)18;12-10-6-2-3-7-8(10)4-1-5-9(7)11(13)14/h3-6,8,11,13-14,19-20,23H,1,7,9-10,12H2,2H3;1-6,12H,(H,13,14)/t13-,14-,19+,20-;/m0./s1. The molecule has 7 nitrogen and oxygen atoms in total. The molecular formula is C31H32N2O5. The van der Waals surface area contributed by atoms with E-state index in [0.717, 1.165) is 41.7 Å². The second-order valence-corrected chi connectivity index (χ2v) is 9.96. The van der Waals surface area contributed by atoms with Gasteiger partial charge in [-0.2, -0.15) is 0 Å². The molecule has 38 heavy (non-hydrogen) atoms. The lowest BCUT2D eigenvalue weighted by atomic mass is 9.73. The van der Waals surface area contributed by atoms with Crippen molar-refractivity contribution in [2.75, 3.05) is 20.2 Å². The number of aliphatic hydroxyl groups is 1. The van der Waals surface area contributed by atoms with Crippen molar-refractivity contribution < 1.29 is 24.9 Å². The second-order valence-electron chi connectivity index (χ2n) is 9.96. The van der Waals surface area contributed by atoms with Gasteiger partial charge in [-0.15, -0.1) is 6.58 Å². The number of aliphatic hydroxyl groups excluding tert-OH is 1. The molecule has 5 atom stereocenters. The Bertz CT molecular complexity index is 1490. The minimum Gasteiger partial charge on any atom is -0.507 e. The molecule has 3 aromatic carbocycles. The van der Waals surface area contributed by atoms with Crippen molar-refractivity contribution in [1.29, 1.82) is 0 Å². The van der Waals surface area contributed by atoms with E-state index in [9.17, 15) is 15.0 Å². The maximum absolute atomic E-state index is 11.2. The smallest absolute Gasteiger partial charge is 0.336 e. The van der Waals surface area contributed by atoms with Crippen LogP contribution in [0.3, 0.4) is 0 Å². The van der Waals surface area contributed by atoms with E-state index >= 15 is 0 Å². The number of phenolic OH excluding ortho intramolecular Hbond substituents is 1. The Kier molecular flexibility index (Phi) is 7.31. The fourth-order valence-electron chi connectivity index (χ4n) is 5.92. The number of methoxy groups -OCH3 is 1. The lowest BCUT2D eigenvalue weighted by Gasteiger charge is -2.50. The summed E-state index contributed by atoms with van der Waals surface area (Å²) < 4.78 is 5.35. The average Bonchev–Trinajstić information content (AvgIpc) is 2.96. The van der Waals surface area contributed by atoms with Crippen molar-refractivity contribution in [1.82, 2.24) is 9.88 Å². The number of ether oxygens (including phenoxy) is 1. The van der Waals surface area contributed by atoms with Crippen molar-refractivity contribution in [2.24, 2.45) is 11.8 Å². The molecule has 3 fully saturated rings. The summed E-state index contributed by atoms with van der Waals surface area (Å²) in [5, 5.41) is 31.6. The summed E-state index contributed by atoms with van der Waals surface area (Å²) in [6, 6.07) is 17.6. The summed E-state index contributed by atoms with van der Waals surface area (Å²) in [5.74, 6) is 1.12. The number of aromatic nitrogens is 1. The number of carboxylic acids is 1. The molecule has 0 saturated carbocycles. The minimum absolute atomic E-state index is 0.102. The van der Waals surface area contributed by atoms with Crippen molar-refractivity contribution in [3.8, 4) is 11.5 Å². The van der Waals surface area contributed by atoms with Crippen LogP contribution in [0.15, 0.2) is 79.5 Å². The van der Waals surface area contributed by atoms with Crippen LogP contribution in [-0.2, 0) is 0 Å². The van der Waals surface area contributed by atoms with Crippen LogP contribution in [0.5, 0.6) is 11.5 Å². The molecule has 3 aliphatic heterocycles. The fourth-order valence-corrected chi connectivity index (χ4v) is 5.92. The Morgan fingerprint density at radius 3 is 2.63 bits per heavy atom. The molecular weight excluding hydrogens is 480 g/mol. The second kappa shape index (κ2) is 10.8. The van der Waals surface area contributed by atoms with E-state index in [1.807, 2.05) is 24.3 Å². The third kappa shape index (κ3) is 4.83. The lowest BCUT2D eigenvalue weighted by Crippen LogP contribution is -2.54. The number of nitrogens with zero attached hydrogens (tertiary/aromatic N) is 2. The van der Waals surface area contributed by atoms with Crippen molar-refractivity contribution in [2.45, 2.75) is 25.0 Å². The average molecular weight is 513 g/mol. The summed E-state index contributed by atoms with van der Waals surface area (Å²) in [6.07, 6.45) is 5.62. The number of benzene rings is 3. The maximum atomic E-state index is 11.2. The van der Waals surface area contributed by atoms with E-state index in [2.05, 4.69) is 22.5 Å². The molecule has 1 aromatic heterocycles. The predicted octanol–water partition coefficient (Wildman–Crippen LogP) is 5.42. The number of pyridine rings is 1. The summed E-state index contributed by atoms with van der Waals surface area (Å²) >= 11 is 0. The Balaban J connectivity index is 0.000000179. The van der Waals surface area contributed by atoms with Crippen molar-refractivity contribution in [3.05, 3.63) is 90.6 Å². The van der Waals surface area contributed by atoms with Crippen LogP contribution in [0.4, 0.5) is 0 Å². The molecule has 3 N–H and O–H groups in total. The minimum atomic E-state index is -0.985. The molecule has 0 spiro atoms. The molecule has 0 aliphatic carbocycles. The molecule has 7 rings (SSSR count). The van der Waals surface area contributed by atoms with Gasteiger partial charge in [-0.25, -0.2) is 4.79 Å². The molecule has 4 heterocycles. The van der Waals surface area contributed by atoms with Crippen LogP contribution in [0, 0.1) is 11.8 Å². The molecule has 2 bridgehead atoms. The molecule has 0 radical (unpaired) electrons. The lowest BCUT2D eigenvalue weighted by molar-refractivity contribution is -0.0444. The number of carboxylic acid groups (broad SMARTS) is 1. The van der Waals surface area contributed by atoms with Gasteiger partial charge < -0.3 is 20.1 Å². The summed E-state index contributed by atoms with van der Waals surface area (Å²) in [5.41, 5.74) is 2.05. The first-order valence-corrected chi connectivity index (χ1v) is 12.8. The number of hydrogen-bond acceptors (Lipinski definition) is 6. The Hall–Kier alpha value is -3.94. The van der Waals surface area contributed by atoms with Gasteiger partial charge in [0, 0.05) is 29.6 Å². The molecule has 0 amide bonds. The van der Waals surface area contributed by atoms with E-state index in [1.165, 1.54) is 18.6 Å². The molecule has 0 unspecified atom stereocenters. The summed E-state index contributed by atoms with van der Waals surface area (Å²) in [4.78, 5) is 17.7. The molecule has 3 aliphatic rings. The van der Waals surface area contributed by atoms with Crippen LogP contribution in [-0.4, -0.2) is 57.4 Å². The summed E-state index contributed by atoms with van der Waals surface area (Å²) in [7, 11) is 1.66. The SMILES string of the molecule is C=C[C@H]1C[N@]2CC[C@H]1C[C@@H]2[C@@H](O)c1ccnc2ccc(OC)cc12.O=C(O)c1cccc2c(O)cccc12. The van der Waals surface area contributed by atoms with Gasteiger partial charge in [-0.1, -0.05) is 30.3 Å². The van der Waals surface area contributed by atoms with E-state index in [-0.39, 0.29) is 17.4 Å². The Morgan fingerprint density at radius 1 is 1.13 bits per heavy atom. The number of phenols is 1. The molecule has 7 heteroatoms. The highest BCUT2D eigenvalue weighted by Crippen LogP contribution is 2.42. The zero-order valence-electron chi connectivity index (χ0n) is 21.3. The number of piperidine rings is 3. The number of rotatable bonds is 5. The van der Waals surface area contributed by atoms with Crippen molar-refractivity contribution >= 4 is 27.6 Å². The van der Waals surface area contributed by atoms with Gasteiger partial charge in [0.05, 0.1) is 24.3 Å². The highest BCUT2D eigenvalue weighted by molar-refractivity contribution is 6.05. The van der Waals surface area contributed by atoms with Crippen LogP contribution >= 0.6 is 0 Å². The first kappa shape index (κ1) is 25.7. The monoisotopic (exact) mass is 512 g/mol. The van der Waals surface area contributed by atoms with Gasteiger partial charge in [0.25, 0.3) is 0 Å². The first-order chi connectivity index (χ1) is 18.4. The molecule has 196 valence electrons. The highest BCUT2D eigenvalue weighted by Gasteiger charge is 2.42. The Morgan fingerprint density at radius 2 is 1.92 bits per heavy atom. The number of fused-ring (bicyclic) bond motifs is 5. The zero-order chi connectivity index (χ0) is 26.8. The van der Waals surface area contributed by atoms with E-state index in [0.29, 0.717) is 22.6 Å². The van der Waals surface area contributed by atoms with Crippen LogP contribution in [0.2, 0.25) is 0 Å². The normalized spacial score (nSPS) is 22.9. The Labute approximate surface area is 221 Å². The topological polar surface area (TPSA) is 103 Å². The van der Waals surface area contributed by atoms with E-state index < -0.39 is 12.1 Å². The fraction of sp³-hybridized carbons (Fsp3) is 0.290. The largest absolute Gasteiger partial charge is 0.507 e. The quantitative estimate of drug-likeness (QED) is 0.307. The van der Waals surface area contributed by atoms with Gasteiger partial charge in [-0.05, 0) is 78.6 Å². The maximum Gasteiger partial charge on any atom is 0.336 e. The third-order valence-corrected chi connectivity index (χ3v) is 7.95.